The number of nitrogens with one attached hydrogen (secondary N) is 1. The van der Waals surface area contributed by atoms with E-state index in [2.05, 4.69) is 37.8 Å². The van der Waals surface area contributed by atoms with Crippen molar-refractivity contribution in [2.24, 2.45) is 16.3 Å². The first kappa shape index (κ1) is 12.9. The van der Waals surface area contributed by atoms with Crippen molar-refractivity contribution in [2.45, 2.75) is 25.8 Å². The number of amidine groups is 1. The summed E-state index contributed by atoms with van der Waals surface area (Å²) in [6, 6.07) is 2.06. The predicted molar refractivity (Wildman–Crippen MR) is 73.4 cm³/mol. The van der Waals surface area contributed by atoms with Crippen molar-refractivity contribution >= 4 is 33.1 Å². The van der Waals surface area contributed by atoms with Crippen LogP contribution in [0.1, 0.15) is 24.1 Å². The molecular formula is C11H16BrN3OS. The van der Waals surface area contributed by atoms with E-state index in [0.717, 1.165) is 30.4 Å². The van der Waals surface area contributed by atoms with Crippen LogP contribution in [0.15, 0.2) is 21.1 Å². The summed E-state index contributed by atoms with van der Waals surface area (Å²) < 4.78 is 1.16. The number of hydrogen-bond donors (Lipinski definition) is 3. The van der Waals surface area contributed by atoms with E-state index in [1.807, 2.05) is 0 Å². The van der Waals surface area contributed by atoms with Crippen LogP contribution in [0.2, 0.25) is 0 Å². The van der Waals surface area contributed by atoms with Gasteiger partial charge in [0.25, 0.3) is 0 Å². The van der Waals surface area contributed by atoms with E-state index in [1.165, 1.54) is 4.88 Å². The third-order valence-corrected chi connectivity index (χ3v) is 5.04. The maximum Gasteiger partial charge on any atom is 0.139 e. The van der Waals surface area contributed by atoms with Crippen LogP contribution in [0, 0.1) is 5.41 Å². The summed E-state index contributed by atoms with van der Waals surface area (Å²) in [6.07, 6.45) is 2.99. The van der Waals surface area contributed by atoms with Crippen LogP contribution in [-0.2, 0) is 6.54 Å². The SMILES string of the molecule is NC(CC1(CNCc2sccc2Br)CC1)=NO. The molecule has 1 heterocycles. The fraction of sp³-hybridized carbons (Fsp3) is 0.545. The van der Waals surface area contributed by atoms with Crippen molar-refractivity contribution in [3.8, 4) is 0 Å². The van der Waals surface area contributed by atoms with Gasteiger partial charge in [-0.3, -0.25) is 0 Å². The quantitative estimate of drug-likeness (QED) is 0.327. The first-order valence-electron chi connectivity index (χ1n) is 5.54. The topological polar surface area (TPSA) is 70.6 Å². The summed E-state index contributed by atoms with van der Waals surface area (Å²) in [5.74, 6) is 0.335. The lowest BCUT2D eigenvalue weighted by Gasteiger charge is -2.14. The van der Waals surface area contributed by atoms with Crippen molar-refractivity contribution in [1.82, 2.24) is 5.32 Å². The zero-order chi connectivity index (χ0) is 12.3. The molecule has 17 heavy (non-hydrogen) atoms. The highest BCUT2D eigenvalue weighted by Crippen LogP contribution is 2.48. The molecule has 1 saturated carbocycles. The van der Waals surface area contributed by atoms with E-state index in [9.17, 15) is 0 Å². The summed E-state index contributed by atoms with van der Waals surface area (Å²) in [5, 5.41) is 17.1. The number of nitrogens with zero attached hydrogens (tertiary/aromatic N) is 1. The minimum atomic E-state index is 0.222. The Labute approximate surface area is 113 Å². The Bertz CT molecular complexity index is 415. The molecule has 94 valence electrons. The molecular weight excluding hydrogens is 302 g/mol. The Hall–Kier alpha value is -0.590. The molecule has 1 aliphatic carbocycles. The lowest BCUT2D eigenvalue weighted by molar-refractivity contribution is 0.314. The monoisotopic (exact) mass is 317 g/mol. The summed E-state index contributed by atoms with van der Waals surface area (Å²) in [6.45, 7) is 1.80. The van der Waals surface area contributed by atoms with Crippen molar-refractivity contribution in [2.75, 3.05) is 6.54 Å². The summed E-state index contributed by atoms with van der Waals surface area (Å²) in [5.41, 5.74) is 5.78. The van der Waals surface area contributed by atoms with Crippen LogP contribution >= 0.6 is 27.3 Å². The molecule has 1 aromatic rings. The molecule has 0 spiro atoms. The van der Waals surface area contributed by atoms with Gasteiger partial charge < -0.3 is 16.3 Å². The molecule has 0 radical (unpaired) electrons. The molecule has 6 heteroatoms. The average molecular weight is 318 g/mol. The normalized spacial score (nSPS) is 18.3. The van der Waals surface area contributed by atoms with Gasteiger partial charge >= 0.3 is 0 Å². The number of oxime groups is 1. The van der Waals surface area contributed by atoms with Gasteiger partial charge in [-0.15, -0.1) is 11.3 Å². The molecule has 4 N–H and O–H groups in total. The number of thiophene rings is 1. The molecule has 0 aromatic carbocycles. The maximum absolute atomic E-state index is 8.58. The largest absolute Gasteiger partial charge is 0.409 e. The molecule has 1 aliphatic rings. The van der Waals surface area contributed by atoms with Gasteiger partial charge in [0.2, 0.25) is 0 Å². The van der Waals surface area contributed by atoms with E-state index < -0.39 is 0 Å². The Morgan fingerprint density at radius 2 is 2.41 bits per heavy atom. The Morgan fingerprint density at radius 3 is 2.94 bits per heavy atom. The second kappa shape index (κ2) is 5.37. The van der Waals surface area contributed by atoms with Crippen LogP contribution in [0.3, 0.4) is 0 Å². The molecule has 0 saturated heterocycles. The summed E-state index contributed by atoms with van der Waals surface area (Å²) >= 11 is 5.25. The number of nitrogens with two attached hydrogens (primary N) is 1. The second-order valence-electron chi connectivity index (χ2n) is 4.56. The number of rotatable bonds is 6. The minimum absolute atomic E-state index is 0.222. The van der Waals surface area contributed by atoms with Gasteiger partial charge in [0.15, 0.2) is 0 Å². The van der Waals surface area contributed by atoms with Gasteiger partial charge in [-0.1, -0.05) is 5.16 Å². The number of hydrogen-bond acceptors (Lipinski definition) is 4. The molecule has 1 aromatic heterocycles. The van der Waals surface area contributed by atoms with Crippen molar-refractivity contribution in [3.05, 3.63) is 20.8 Å². The van der Waals surface area contributed by atoms with Crippen LogP contribution in [0.4, 0.5) is 0 Å². The van der Waals surface area contributed by atoms with Crippen molar-refractivity contribution in [3.63, 3.8) is 0 Å². The molecule has 0 unspecified atom stereocenters. The lowest BCUT2D eigenvalue weighted by Crippen LogP contribution is -2.28. The smallest absolute Gasteiger partial charge is 0.139 e. The van der Waals surface area contributed by atoms with Gasteiger partial charge in [-0.2, -0.15) is 0 Å². The summed E-state index contributed by atoms with van der Waals surface area (Å²) in [4.78, 5) is 1.31. The lowest BCUT2D eigenvalue weighted by atomic mass is 10.0. The first-order valence-corrected chi connectivity index (χ1v) is 7.21. The third kappa shape index (κ3) is 3.43. The van der Waals surface area contributed by atoms with Crippen LogP contribution < -0.4 is 11.1 Å². The van der Waals surface area contributed by atoms with Crippen LogP contribution in [-0.4, -0.2) is 17.6 Å². The standard InChI is InChI=1S/C11H16BrN3OS/c12-8-1-4-17-9(8)6-14-7-11(2-3-11)5-10(13)15-16/h1,4,14,16H,2-3,5-7H2,(H2,13,15). The van der Waals surface area contributed by atoms with Gasteiger partial charge in [-0.05, 0) is 45.6 Å². The highest BCUT2D eigenvalue weighted by molar-refractivity contribution is 9.10. The zero-order valence-electron chi connectivity index (χ0n) is 9.45. The Kier molecular flexibility index (Phi) is 4.06. The van der Waals surface area contributed by atoms with E-state index >= 15 is 0 Å². The molecule has 1 fully saturated rings. The molecule has 0 bridgehead atoms. The maximum atomic E-state index is 8.58. The van der Waals surface area contributed by atoms with Crippen molar-refractivity contribution in [1.29, 1.82) is 0 Å². The van der Waals surface area contributed by atoms with E-state index in [1.54, 1.807) is 11.3 Å². The predicted octanol–water partition coefficient (Wildman–Crippen LogP) is 2.52. The fourth-order valence-corrected chi connectivity index (χ4v) is 3.37. The van der Waals surface area contributed by atoms with Gasteiger partial charge in [0, 0.05) is 28.9 Å². The fourth-order valence-electron chi connectivity index (χ4n) is 1.90. The summed E-state index contributed by atoms with van der Waals surface area (Å²) in [7, 11) is 0. The average Bonchev–Trinajstić information content (AvgIpc) is 2.95. The molecule has 0 atom stereocenters. The molecule has 2 rings (SSSR count). The van der Waals surface area contributed by atoms with Crippen molar-refractivity contribution < 1.29 is 5.21 Å². The number of halogens is 1. The Morgan fingerprint density at radius 1 is 1.65 bits per heavy atom. The third-order valence-electron chi connectivity index (χ3n) is 3.12. The van der Waals surface area contributed by atoms with Gasteiger partial charge in [0.1, 0.15) is 5.84 Å². The highest BCUT2D eigenvalue weighted by atomic mass is 79.9. The van der Waals surface area contributed by atoms with Gasteiger partial charge in [0.05, 0.1) is 0 Å². The Balaban J connectivity index is 1.77. The highest BCUT2D eigenvalue weighted by Gasteiger charge is 2.42. The van der Waals surface area contributed by atoms with Crippen LogP contribution in [0.5, 0.6) is 0 Å². The second-order valence-corrected chi connectivity index (χ2v) is 6.42. The van der Waals surface area contributed by atoms with Crippen LogP contribution in [0.25, 0.3) is 0 Å². The molecule has 0 aliphatic heterocycles. The van der Waals surface area contributed by atoms with E-state index in [0.29, 0.717) is 12.3 Å². The first-order chi connectivity index (χ1) is 8.15. The van der Waals surface area contributed by atoms with E-state index in [-0.39, 0.29) is 5.41 Å². The van der Waals surface area contributed by atoms with Gasteiger partial charge in [-0.25, -0.2) is 0 Å². The molecule has 0 amide bonds. The zero-order valence-corrected chi connectivity index (χ0v) is 11.9. The molecule has 4 nitrogen and oxygen atoms in total. The van der Waals surface area contributed by atoms with E-state index in [4.69, 9.17) is 10.9 Å². The minimum Gasteiger partial charge on any atom is -0.409 e.